The number of nitrogens with zero attached hydrogens (tertiary/aromatic N) is 14. The number of rotatable bonds is 0. The normalized spacial score (nSPS) is 10.2. The van der Waals surface area contributed by atoms with E-state index >= 15 is 0 Å². The summed E-state index contributed by atoms with van der Waals surface area (Å²) < 4.78 is 15.7. The van der Waals surface area contributed by atoms with Crippen molar-refractivity contribution in [2.45, 2.75) is 41.5 Å². The van der Waals surface area contributed by atoms with Crippen molar-refractivity contribution in [3.05, 3.63) is 114 Å². The van der Waals surface area contributed by atoms with Crippen molar-refractivity contribution < 1.29 is 0 Å². The number of hydrogen-bond donors (Lipinski definition) is 0. The number of para-hydroxylation sites is 3. The number of hydrogen-bond acceptors (Lipinski definition) is 8. The first-order valence-electron chi connectivity index (χ1n) is 15.9. The van der Waals surface area contributed by atoms with Crippen LogP contribution >= 0.6 is 8.35 Å². The zero-order valence-corrected chi connectivity index (χ0v) is 32.1. The first-order chi connectivity index (χ1) is 23.8. The van der Waals surface area contributed by atoms with E-state index in [0.717, 1.165) is 42.9 Å². The number of aryl methyl sites for hydroxylation is 12. The fourth-order valence-corrected chi connectivity index (χ4v) is 4.75. The van der Waals surface area contributed by atoms with Crippen molar-refractivity contribution in [1.82, 2.24) is 68.0 Å². The van der Waals surface area contributed by atoms with Crippen LogP contribution in [0.5, 0.6) is 0 Å². The third kappa shape index (κ3) is 11.3. The van der Waals surface area contributed by atoms with Crippen molar-refractivity contribution in [1.29, 1.82) is 0 Å². The third-order valence-corrected chi connectivity index (χ3v) is 8.81. The molecule has 15 heteroatoms. The molecule has 50 heavy (non-hydrogen) atoms. The van der Waals surface area contributed by atoms with Crippen LogP contribution in [0.1, 0.15) is 34.7 Å². The zero-order chi connectivity index (χ0) is 36.8. The number of imidazole rings is 1. The maximum atomic E-state index is 4.38. The minimum atomic E-state index is 0.944. The van der Waals surface area contributed by atoms with E-state index in [4.69, 9.17) is 0 Å². The van der Waals surface area contributed by atoms with E-state index in [1.807, 2.05) is 103 Å². The highest BCUT2D eigenvalue weighted by molar-refractivity contribution is 7.24. The monoisotopic (exact) mass is 696 g/mol. The van der Waals surface area contributed by atoms with Crippen LogP contribution in [0.15, 0.2) is 79.4 Å². The Labute approximate surface area is 295 Å². The highest BCUT2D eigenvalue weighted by Crippen LogP contribution is 2.17. The highest BCUT2D eigenvalue weighted by atomic mass is 31.0. The molecule has 0 saturated heterocycles. The molecule has 0 atom stereocenters. The van der Waals surface area contributed by atoms with Crippen molar-refractivity contribution in [3.63, 3.8) is 0 Å². The Kier molecular flexibility index (Phi) is 14.7. The molecule has 6 heterocycles. The molecule has 0 aliphatic heterocycles. The molecule has 0 N–H and O–H groups in total. The molecule has 8 aromatic rings. The molecule has 0 amide bonds. The summed E-state index contributed by atoms with van der Waals surface area (Å²) in [6.07, 6.45) is 4.94. The van der Waals surface area contributed by atoms with Crippen LogP contribution in [0.3, 0.4) is 0 Å². The summed E-state index contributed by atoms with van der Waals surface area (Å²) in [5, 5.41) is 19.8. The molecule has 0 unspecified atom stereocenters. The molecule has 0 fully saturated rings. The van der Waals surface area contributed by atoms with Crippen LogP contribution in [0.25, 0.3) is 21.9 Å². The number of benzene rings is 2. The van der Waals surface area contributed by atoms with Gasteiger partial charge in [-0.1, -0.05) is 35.5 Å². The smallest absolute Gasteiger partial charge is 0.138 e. The van der Waals surface area contributed by atoms with E-state index in [2.05, 4.69) is 99.8 Å². The standard InChI is InChI=1S/C10H11N.C9H10N2.3C4H7N3.C4H7N2P/c1-8-7-9-5-3-4-6-10(9)11(8)2;1-7-10-8-5-3-4-6-9(8)11(7)2;1-4-6-5-3-7(4)2;1-4-5-3-6-7(4)2;1-4-3-5-6-7(4)2;1-4-5-7-3-6(4)2/h3-7H,1-2H3;3-6H,1-2H3;4*3H,1-2H3. The number of fused-ring (bicyclic) bond motifs is 2. The van der Waals surface area contributed by atoms with Crippen LogP contribution < -0.4 is 0 Å². The second-order valence-corrected chi connectivity index (χ2v) is 12.2. The van der Waals surface area contributed by atoms with Crippen LogP contribution in [0.2, 0.25) is 0 Å². The Bertz CT molecular complexity index is 1880. The van der Waals surface area contributed by atoms with E-state index in [1.54, 1.807) is 21.9 Å². The Morgan fingerprint density at radius 3 is 1.68 bits per heavy atom. The van der Waals surface area contributed by atoms with Gasteiger partial charge in [-0.15, -0.1) is 15.3 Å². The van der Waals surface area contributed by atoms with E-state index in [1.165, 1.54) is 28.4 Å². The maximum Gasteiger partial charge on any atom is 0.138 e. The first kappa shape index (κ1) is 39.0. The SMILES string of the molecule is Cc1cc2ccccc2n1C.Cc1cnnn1C.Cc1nc2ccccc2n1C.Cc1ncnn1C.Cc1nncn1C.Cc1npcn1C. The second-order valence-electron chi connectivity index (χ2n) is 11.5. The average molecular weight is 697 g/mol. The van der Waals surface area contributed by atoms with Crippen LogP contribution in [-0.2, 0) is 42.3 Å². The molecule has 6 aromatic heterocycles. The summed E-state index contributed by atoms with van der Waals surface area (Å²) in [5.41, 5.74) is 5.98. The van der Waals surface area contributed by atoms with Gasteiger partial charge >= 0.3 is 0 Å². The summed E-state index contributed by atoms with van der Waals surface area (Å²) in [4.78, 5) is 8.24. The molecule has 0 radical (unpaired) electrons. The molecule has 0 aliphatic rings. The average Bonchev–Trinajstić information content (AvgIpc) is 3.96. The molecule has 0 bridgehead atoms. The van der Waals surface area contributed by atoms with E-state index in [9.17, 15) is 0 Å². The van der Waals surface area contributed by atoms with E-state index in [-0.39, 0.29) is 0 Å². The van der Waals surface area contributed by atoms with Gasteiger partial charge in [0, 0.05) is 53.5 Å². The lowest BCUT2D eigenvalue weighted by Gasteiger charge is -1.96. The van der Waals surface area contributed by atoms with Crippen molar-refractivity contribution >= 4 is 30.3 Å². The molecule has 264 valence electrons. The molecule has 14 nitrogen and oxygen atoms in total. The molecular formula is C35H49N14P. The van der Waals surface area contributed by atoms with Crippen molar-refractivity contribution in [2.24, 2.45) is 42.3 Å². The minimum absolute atomic E-state index is 0.944. The summed E-state index contributed by atoms with van der Waals surface area (Å²) in [5.74, 6) is 6.07. The summed E-state index contributed by atoms with van der Waals surface area (Å²) in [7, 11) is 12.8. The van der Waals surface area contributed by atoms with E-state index in [0.29, 0.717) is 0 Å². The summed E-state index contributed by atoms with van der Waals surface area (Å²) in [6.45, 7) is 11.9. The molecule has 0 saturated carbocycles. The van der Waals surface area contributed by atoms with Gasteiger partial charge in [0.15, 0.2) is 0 Å². The van der Waals surface area contributed by atoms with Gasteiger partial charge in [0.05, 0.1) is 37.2 Å². The van der Waals surface area contributed by atoms with Gasteiger partial charge in [0.1, 0.15) is 36.0 Å². The number of aromatic nitrogens is 14. The van der Waals surface area contributed by atoms with Crippen molar-refractivity contribution in [3.8, 4) is 0 Å². The highest BCUT2D eigenvalue weighted by Gasteiger charge is 2.00. The second kappa shape index (κ2) is 18.9. The van der Waals surface area contributed by atoms with Crippen molar-refractivity contribution in [2.75, 3.05) is 0 Å². The Morgan fingerprint density at radius 1 is 0.620 bits per heavy atom. The molecule has 0 aliphatic carbocycles. The van der Waals surface area contributed by atoms with Crippen LogP contribution in [0.4, 0.5) is 0 Å². The van der Waals surface area contributed by atoms with Gasteiger partial charge in [0.2, 0.25) is 0 Å². The molecular weight excluding hydrogens is 647 g/mol. The fourth-order valence-electron chi connectivity index (χ4n) is 4.07. The van der Waals surface area contributed by atoms with E-state index < -0.39 is 0 Å². The Hall–Kier alpha value is -5.49. The van der Waals surface area contributed by atoms with Gasteiger partial charge in [-0.05, 0) is 71.2 Å². The van der Waals surface area contributed by atoms with Gasteiger partial charge in [-0.3, -0.25) is 9.36 Å². The summed E-state index contributed by atoms with van der Waals surface area (Å²) >= 11 is 0. The first-order valence-corrected chi connectivity index (χ1v) is 16.8. The van der Waals surface area contributed by atoms with Crippen LogP contribution in [-0.4, -0.2) is 68.0 Å². The quantitative estimate of drug-likeness (QED) is 0.187. The lowest BCUT2D eigenvalue weighted by atomic mass is 10.2. The fraction of sp³-hybridized carbons (Fsp3) is 0.343. The Balaban J connectivity index is 0.000000165. The van der Waals surface area contributed by atoms with Gasteiger partial charge in [0.25, 0.3) is 0 Å². The molecule has 2 aromatic carbocycles. The molecule has 0 spiro atoms. The lowest BCUT2D eigenvalue weighted by Crippen LogP contribution is -1.91. The predicted octanol–water partition coefficient (Wildman–Crippen LogP) is 6.05. The topological polar surface area (TPSA) is 133 Å². The Morgan fingerprint density at radius 2 is 1.30 bits per heavy atom. The largest absolute Gasteiger partial charge is 0.348 e. The van der Waals surface area contributed by atoms with Crippen LogP contribution in [0, 0.1) is 41.5 Å². The summed E-state index contributed by atoms with van der Waals surface area (Å²) in [6, 6.07) is 18.8. The van der Waals surface area contributed by atoms with Gasteiger partial charge < -0.3 is 18.3 Å². The predicted molar refractivity (Wildman–Crippen MR) is 201 cm³/mol. The van der Waals surface area contributed by atoms with Gasteiger partial charge in [-0.2, -0.15) is 5.10 Å². The molecule has 8 rings (SSSR count). The maximum absolute atomic E-state index is 4.38. The minimum Gasteiger partial charge on any atom is -0.348 e. The van der Waals surface area contributed by atoms with Gasteiger partial charge in [-0.25, -0.2) is 14.7 Å². The lowest BCUT2D eigenvalue weighted by molar-refractivity contribution is 0.696. The third-order valence-electron chi connectivity index (χ3n) is 7.96. The zero-order valence-electron chi connectivity index (χ0n) is 31.2.